The standard InChI is InChI=1S/C18H21N3O5/c1-4-9-21-15(19)14(16(23)20(3)18(21)25)13(22)10-26-17(24)12-7-5-11(2)6-8-12/h5-8H,4,9-10,19H2,1-3H3. The molecule has 1 aromatic carbocycles. The Morgan fingerprint density at radius 1 is 1.15 bits per heavy atom. The summed E-state index contributed by atoms with van der Waals surface area (Å²) in [6, 6.07) is 6.65. The minimum absolute atomic E-state index is 0.212. The number of nitrogen functional groups attached to an aromatic ring is 1. The van der Waals surface area contributed by atoms with Crippen LogP contribution in [0.15, 0.2) is 33.9 Å². The minimum Gasteiger partial charge on any atom is -0.454 e. The van der Waals surface area contributed by atoms with Crippen molar-refractivity contribution in [3.05, 3.63) is 61.8 Å². The van der Waals surface area contributed by atoms with Gasteiger partial charge in [-0.3, -0.25) is 18.7 Å². The second kappa shape index (κ2) is 7.81. The number of carbonyl (C=O) groups excluding carboxylic acids is 2. The predicted octanol–water partition coefficient (Wildman–Crippen LogP) is 0.887. The van der Waals surface area contributed by atoms with Crippen molar-refractivity contribution in [1.82, 2.24) is 9.13 Å². The van der Waals surface area contributed by atoms with Gasteiger partial charge in [-0.05, 0) is 25.5 Å². The fraction of sp³-hybridized carbons (Fsp3) is 0.333. The average molecular weight is 359 g/mol. The number of esters is 1. The van der Waals surface area contributed by atoms with E-state index in [2.05, 4.69) is 0 Å². The van der Waals surface area contributed by atoms with Crippen LogP contribution in [-0.4, -0.2) is 27.5 Å². The Labute approximate surface area is 149 Å². The number of carbonyl (C=O) groups is 2. The third-order valence-corrected chi connectivity index (χ3v) is 3.93. The lowest BCUT2D eigenvalue weighted by Crippen LogP contribution is -2.43. The second-order valence-corrected chi connectivity index (χ2v) is 5.92. The van der Waals surface area contributed by atoms with E-state index in [9.17, 15) is 19.2 Å². The molecule has 0 unspecified atom stereocenters. The number of aryl methyl sites for hydroxylation is 1. The number of nitrogens with two attached hydrogens (primary N) is 1. The second-order valence-electron chi connectivity index (χ2n) is 5.92. The Balaban J connectivity index is 2.27. The first-order chi connectivity index (χ1) is 12.3. The zero-order valence-corrected chi connectivity index (χ0v) is 14.9. The van der Waals surface area contributed by atoms with E-state index < -0.39 is 29.6 Å². The topological polar surface area (TPSA) is 113 Å². The van der Waals surface area contributed by atoms with E-state index in [1.54, 1.807) is 24.3 Å². The summed E-state index contributed by atoms with van der Waals surface area (Å²) in [6.07, 6.45) is 0.596. The van der Waals surface area contributed by atoms with Crippen LogP contribution in [0.5, 0.6) is 0 Å². The molecule has 2 aromatic rings. The van der Waals surface area contributed by atoms with Crippen LogP contribution in [0.25, 0.3) is 0 Å². The summed E-state index contributed by atoms with van der Waals surface area (Å²) in [6.45, 7) is 3.34. The van der Waals surface area contributed by atoms with Crippen LogP contribution in [0, 0.1) is 6.92 Å². The summed E-state index contributed by atoms with van der Waals surface area (Å²) in [4.78, 5) is 48.8. The van der Waals surface area contributed by atoms with Crippen LogP contribution < -0.4 is 17.0 Å². The SMILES string of the molecule is CCCn1c(N)c(C(=O)COC(=O)c2ccc(C)cc2)c(=O)n(C)c1=O. The van der Waals surface area contributed by atoms with Crippen molar-refractivity contribution in [2.24, 2.45) is 7.05 Å². The molecule has 1 aromatic heterocycles. The van der Waals surface area contributed by atoms with Crippen molar-refractivity contribution in [2.75, 3.05) is 12.3 Å². The molecule has 0 aliphatic heterocycles. The summed E-state index contributed by atoms with van der Waals surface area (Å²) in [5.41, 5.74) is 5.38. The number of hydrogen-bond acceptors (Lipinski definition) is 6. The highest BCUT2D eigenvalue weighted by Gasteiger charge is 2.22. The van der Waals surface area contributed by atoms with Gasteiger partial charge in [-0.25, -0.2) is 9.59 Å². The summed E-state index contributed by atoms with van der Waals surface area (Å²) >= 11 is 0. The molecule has 0 saturated heterocycles. The van der Waals surface area contributed by atoms with Gasteiger partial charge in [0.15, 0.2) is 6.61 Å². The number of ether oxygens (including phenoxy) is 1. The van der Waals surface area contributed by atoms with Crippen LogP contribution in [0.3, 0.4) is 0 Å². The molecule has 0 radical (unpaired) electrons. The first-order valence-corrected chi connectivity index (χ1v) is 8.14. The Hall–Kier alpha value is -3.16. The molecular weight excluding hydrogens is 338 g/mol. The molecule has 0 spiro atoms. The van der Waals surface area contributed by atoms with Crippen molar-refractivity contribution in [1.29, 1.82) is 0 Å². The summed E-state index contributed by atoms with van der Waals surface area (Å²) in [5.74, 6) is -1.65. The van der Waals surface area contributed by atoms with Crippen molar-refractivity contribution >= 4 is 17.6 Å². The van der Waals surface area contributed by atoms with Crippen molar-refractivity contribution in [2.45, 2.75) is 26.8 Å². The maximum absolute atomic E-state index is 12.4. The van der Waals surface area contributed by atoms with E-state index in [0.29, 0.717) is 12.0 Å². The fourth-order valence-corrected chi connectivity index (χ4v) is 2.46. The monoisotopic (exact) mass is 359 g/mol. The van der Waals surface area contributed by atoms with Gasteiger partial charge in [-0.1, -0.05) is 24.6 Å². The van der Waals surface area contributed by atoms with Gasteiger partial charge in [-0.15, -0.1) is 0 Å². The Morgan fingerprint density at radius 2 is 1.77 bits per heavy atom. The minimum atomic E-state index is -0.809. The molecule has 0 saturated carbocycles. The van der Waals surface area contributed by atoms with Crippen molar-refractivity contribution in [3.63, 3.8) is 0 Å². The largest absolute Gasteiger partial charge is 0.454 e. The molecule has 0 atom stereocenters. The number of Topliss-reactive ketones (excluding diaryl/α,β-unsaturated/α-hetero) is 1. The van der Waals surface area contributed by atoms with E-state index >= 15 is 0 Å². The fourth-order valence-electron chi connectivity index (χ4n) is 2.46. The van der Waals surface area contributed by atoms with Crippen molar-refractivity contribution < 1.29 is 14.3 Å². The molecular formula is C18H21N3O5. The van der Waals surface area contributed by atoms with Gasteiger partial charge < -0.3 is 10.5 Å². The first kappa shape index (κ1) is 19.2. The lowest BCUT2D eigenvalue weighted by atomic mass is 10.1. The Bertz CT molecular complexity index is 955. The van der Waals surface area contributed by atoms with Crippen LogP contribution >= 0.6 is 0 Å². The molecule has 26 heavy (non-hydrogen) atoms. The highest BCUT2D eigenvalue weighted by Crippen LogP contribution is 2.09. The van der Waals surface area contributed by atoms with Crippen molar-refractivity contribution in [3.8, 4) is 0 Å². The number of rotatable bonds is 6. The maximum Gasteiger partial charge on any atom is 0.338 e. The van der Waals surface area contributed by atoms with Crippen LogP contribution in [0.4, 0.5) is 5.82 Å². The number of hydrogen-bond donors (Lipinski definition) is 1. The number of benzene rings is 1. The predicted molar refractivity (Wildman–Crippen MR) is 96.4 cm³/mol. The van der Waals surface area contributed by atoms with Crippen LogP contribution in [0.2, 0.25) is 0 Å². The molecule has 8 nitrogen and oxygen atoms in total. The molecule has 0 fully saturated rings. The van der Waals surface area contributed by atoms with Crippen LogP contribution in [0.1, 0.15) is 39.6 Å². The zero-order valence-electron chi connectivity index (χ0n) is 14.9. The van der Waals surface area contributed by atoms with Gasteiger partial charge >= 0.3 is 11.7 Å². The molecule has 8 heteroatoms. The molecule has 0 amide bonds. The molecule has 0 aliphatic carbocycles. The third-order valence-electron chi connectivity index (χ3n) is 3.93. The average Bonchev–Trinajstić information content (AvgIpc) is 2.62. The van der Waals surface area contributed by atoms with Gasteiger partial charge in [-0.2, -0.15) is 0 Å². The third kappa shape index (κ3) is 3.74. The highest BCUT2D eigenvalue weighted by molar-refractivity contribution is 6.02. The molecule has 138 valence electrons. The molecule has 2 rings (SSSR count). The number of nitrogens with zero attached hydrogens (tertiary/aromatic N) is 2. The van der Waals surface area contributed by atoms with E-state index in [1.807, 2.05) is 13.8 Å². The van der Waals surface area contributed by atoms with Gasteiger partial charge in [0.1, 0.15) is 11.4 Å². The van der Waals surface area contributed by atoms with Gasteiger partial charge in [0.05, 0.1) is 5.56 Å². The quantitative estimate of drug-likeness (QED) is 0.605. The highest BCUT2D eigenvalue weighted by atomic mass is 16.5. The van der Waals surface area contributed by atoms with E-state index in [-0.39, 0.29) is 17.9 Å². The summed E-state index contributed by atoms with van der Waals surface area (Å²) in [5, 5.41) is 0. The Morgan fingerprint density at radius 3 is 2.35 bits per heavy atom. The van der Waals surface area contributed by atoms with E-state index in [4.69, 9.17) is 10.5 Å². The summed E-state index contributed by atoms with van der Waals surface area (Å²) in [7, 11) is 1.27. The molecule has 2 N–H and O–H groups in total. The smallest absolute Gasteiger partial charge is 0.338 e. The van der Waals surface area contributed by atoms with Gasteiger partial charge in [0, 0.05) is 13.6 Å². The van der Waals surface area contributed by atoms with E-state index in [1.165, 1.54) is 7.05 Å². The first-order valence-electron chi connectivity index (χ1n) is 8.14. The van der Waals surface area contributed by atoms with E-state index in [0.717, 1.165) is 14.7 Å². The zero-order chi connectivity index (χ0) is 19.4. The molecule has 1 heterocycles. The maximum atomic E-state index is 12.4. The van der Waals surface area contributed by atoms with Gasteiger partial charge in [0.2, 0.25) is 5.78 Å². The summed E-state index contributed by atoms with van der Waals surface area (Å²) < 4.78 is 6.97. The number of anilines is 1. The number of aromatic nitrogens is 2. The lowest BCUT2D eigenvalue weighted by molar-refractivity contribution is 0.0474. The number of ketones is 1. The Kier molecular flexibility index (Phi) is 5.76. The normalized spacial score (nSPS) is 10.6. The van der Waals surface area contributed by atoms with Crippen LogP contribution in [-0.2, 0) is 18.3 Å². The van der Waals surface area contributed by atoms with Gasteiger partial charge in [0.25, 0.3) is 5.56 Å². The lowest BCUT2D eigenvalue weighted by Gasteiger charge is -2.13. The molecule has 0 aliphatic rings. The molecule has 0 bridgehead atoms.